The van der Waals surface area contributed by atoms with Crippen LogP contribution in [0.15, 0.2) is 46.5 Å². The summed E-state index contributed by atoms with van der Waals surface area (Å²) in [7, 11) is -3.60. The molecule has 148 valence electrons. The number of hydrogen-bond donors (Lipinski definition) is 2. The molecule has 2 aliphatic heterocycles. The minimum Gasteiger partial charge on any atom is -0.352 e. The predicted molar refractivity (Wildman–Crippen MR) is 108 cm³/mol. The maximum Gasteiger partial charge on any atom is 0.259 e. The van der Waals surface area contributed by atoms with Crippen LogP contribution in [-0.4, -0.2) is 49.8 Å². The molecule has 28 heavy (non-hydrogen) atoms. The summed E-state index contributed by atoms with van der Waals surface area (Å²) in [6.45, 7) is 2.71. The molecule has 0 unspecified atom stereocenters. The molecule has 0 aromatic heterocycles. The van der Waals surface area contributed by atoms with Crippen LogP contribution in [0.2, 0.25) is 5.02 Å². The molecule has 0 bridgehead atoms. The predicted octanol–water partition coefficient (Wildman–Crippen LogP) is 1.92. The van der Waals surface area contributed by atoms with Crippen molar-refractivity contribution in [2.45, 2.75) is 13.3 Å². The molecule has 2 amide bonds. The average molecular weight is 423 g/mol. The smallest absolute Gasteiger partial charge is 0.259 e. The Hall–Kier alpha value is -2.65. The van der Waals surface area contributed by atoms with Crippen molar-refractivity contribution in [2.75, 3.05) is 24.2 Å². The number of fused-ring (bicyclic) bond motifs is 1. The quantitative estimate of drug-likeness (QED) is 0.753. The van der Waals surface area contributed by atoms with Crippen LogP contribution in [0.25, 0.3) is 0 Å². The van der Waals surface area contributed by atoms with Gasteiger partial charge >= 0.3 is 0 Å². The molecule has 0 spiro atoms. The fourth-order valence-electron chi connectivity index (χ4n) is 2.70. The molecule has 0 saturated heterocycles. The zero-order valence-corrected chi connectivity index (χ0v) is 16.7. The first kappa shape index (κ1) is 20.1. The van der Waals surface area contributed by atoms with E-state index in [-0.39, 0.29) is 34.6 Å². The van der Waals surface area contributed by atoms with Crippen LogP contribution in [0.1, 0.15) is 23.7 Å². The maximum absolute atomic E-state index is 12.7. The Morgan fingerprint density at radius 3 is 2.79 bits per heavy atom. The molecule has 2 N–H and O–H groups in total. The third-order valence-corrected chi connectivity index (χ3v) is 5.57. The Kier molecular flexibility index (Phi) is 5.85. The molecule has 0 atom stereocenters. The third kappa shape index (κ3) is 4.42. The minimum atomic E-state index is -3.60. The number of carbonyl (C=O) groups is 2. The van der Waals surface area contributed by atoms with Crippen LogP contribution in [-0.2, 0) is 14.8 Å². The van der Waals surface area contributed by atoms with Crippen molar-refractivity contribution in [2.24, 2.45) is 4.40 Å². The number of carbonyl (C=O) groups excluding carboxylic acids is 2. The summed E-state index contributed by atoms with van der Waals surface area (Å²) in [5.74, 6) is -0.827. The molecule has 0 fully saturated rings. The number of amides is 2. The van der Waals surface area contributed by atoms with Gasteiger partial charge in [-0.15, -0.1) is 4.40 Å². The number of nitrogens with zero attached hydrogens (tertiary/aromatic N) is 2. The minimum absolute atomic E-state index is 0.0907. The number of benzene rings is 1. The monoisotopic (exact) mass is 422 g/mol. The van der Waals surface area contributed by atoms with E-state index in [0.717, 1.165) is 6.42 Å². The standard InChI is InChI=1S/C18H19ClN4O4S/c1-2-7-20-17(24)13-6-5-12(11-15(13)19)21-18(25)14-4-3-8-23-9-10-28(26,27)22-16(14)23/h3-6,8,11H,2,7,9-10H2,1H3,(H,20,24)(H,21,25). The third-order valence-electron chi connectivity index (χ3n) is 4.11. The van der Waals surface area contributed by atoms with Crippen LogP contribution in [0.5, 0.6) is 0 Å². The fourth-order valence-corrected chi connectivity index (χ4v) is 3.95. The zero-order valence-electron chi connectivity index (χ0n) is 15.1. The van der Waals surface area contributed by atoms with E-state index in [4.69, 9.17) is 11.6 Å². The lowest BCUT2D eigenvalue weighted by atomic mass is 10.1. The van der Waals surface area contributed by atoms with Gasteiger partial charge in [0.05, 0.1) is 21.9 Å². The van der Waals surface area contributed by atoms with Crippen molar-refractivity contribution in [1.82, 2.24) is 10.2 Å². The van der Waals surface area contributed by atoms with Gasteiger partial charge in [0.15, 0.2) is 5.84 Å². The highest BCUT2D eigenvalue weighted by molar-refractivity contribution is 7.90. The number of amidine groups is 1. The van der Waals surface area contributed by atoms with E-state index in [9.17, 15) is 18.0 Å². The Labute approximate surface area is 168 Å². The molecule has 3 rings (SSSR count). The molecule has 1 aromatic rings. The lowest BCUT2D eigenvalue weighted by Gasteiger charge is -2.28. The molecular weight excluding hydrogens is 404 g/mol. The summed E-state index contributed by atoms with van der Waals surface area (Å²) >= 11 is 6.17. The highest BCUT2D eigenvalue weighted by atomic mass is 35.5. The van der Waals surface area contributed by atoms with Crippen molar-refractivity contribution < 1.29 is 18.0 Å². The fraction of sp³-hybridized carbons (Fsp3) is 0.278. The lowest BCUT2D eigenvalue weighted by molar-refractivity contribution is -0.112. The number of sulfonamides is 1. The van der Waals surface area contributed by atoms with Crippen molar-refractivity contribution in [3.63, 3.8) is 0 Å². The van der Waals surface area contributed by atoms with Gasteiger partial charge in [-0.2, -0.15) is 0 Å². The van der Waals surface area contributed by atoms with E-state index in [1.807, 2.05) is 6.92 Å². The molecule has 2 aliphatic rings. The van der Waals surface area contributed by atoms with Gasteiger partial charge in [0.1, 0.15) is 0 Å². The molecule has 0 aliphatic carbocycles. The van der Waals surface area contributed by atoms with Gasteiger partial charge in [-0.05, 0) is 36.8 Å². The van der Waals surface area contributed by atoms with Gasteiger partial charge in [0.25, 0.3) is 21.8 Å². The van der Waals surface area contributed by atoms with Crippen LogP contribution in [0.4, 0.5) is 5.69 Å². The number of halogens is 1. The zero-order chi connectivity index (χ0) is 20.3. The van der Waals surface area contributed by atoms with Gasteiger partial charge in [0.2, 0.25) is 0 Å². The van der Waals surface area contributed by atoms with E-state index in [2.05, 4.69) is 15.0 Å². The molecular formula is C18H19ClN4O4S. The average Bonchev–Trinajstić information content (AvgIpc) is 2.65. The molecule has 8 nitrogen and oxygen atoms in total. The van der Waals surface area contributed by atoms with E-state index < -0.39 is 15.9 Å². The second-order valence-corrected chi connectivity index (χ2v) is 8.38. The Morgan fingerprint density at radius 1 is 1.29 bits per heavy atom. The van der Waals surface area contributed by atoms with Gasteiger partial charge in [0, 0.05) is 25.0 Å². The van der Waals surface area contributed by atoms with Gasteiger partial charge in [-0.1, -0.05) is 18.5 Å². The van der Waals surface area contributed by atoms with E-state index in [1.165, 1.54) is 18.2 Å². The number of rotatable bonds is 5. The second kappa shape index (κ2) is 8.15. The van der Waals surface area contributed by atoms with Crippen molar-refractivity contribution in [3.8, 4) is 0 Å². The summed E-state index contributed by atoms with van der Waals surface area (Å²) in [4.78, 5) is 26.3. The van der Waals surface area contributed by atoms with Crippen LogP contribution in [0.3, 0.4) is 0 Å². The van der Waals surface area contributed by atoms with Crippen LogP contribution in [0, 0.1) is 0 Å². The molecule has 2 heterocycles. The number of allylic oxidation sites excluding steroid dienone is 2. The number of nitrogens with one attached hydrogen (secondary N) is 2. The molecule has 10 heteroatoms. The SMILES string of the molecule is CCCNC(=O)c1ccc(NC(=O)C2=CC=CN3CCS(=O)(=O)N=C23)cc1Cl. The van der Waals surface area contributed by atoms with Gasteiger partial charge in [-0.25, -0.2) is 8.42 Å². The summed E-state index contributed by atoms with van der Waals surface area (Å²) < 4.78 is 27.3. The van der Waals surface area contributed by atoms with Crippen LogP contribution >= 0.6 is 11.6 Å². The summed E-state index contributed by atoms with van der Waals surface area (Å²) in [6.07, 6.45) is 5.63. The first-order valence-electron chi connectivity index (χ1n) is 8.68. The van der Waals surface area contributed by atoms with Crippen LogP contribution < -0.4 is 10.6 Å². The largest absolute Gasteiger partial charge is 0.352 e. The van der Waals surface area contributed by atoms with E-state index in [0.29, 0.717) is 17.8 Å². The topological polar surface area (TPSA) is 108 Å². The number of anilines is 1. The van der Waals surface area contributed by atoms with E-state index >= 15 is 0 Å². The molecule has 0 radical (unpaired) electrons. The van der Waals surface area contributed by atoms with E-state index in [1.54, 1.807) is 23.2 Å². The molecule has 0 saturated carbocycles. The summed E-state index contributed by atoms with van der Waals surface area (Å²) in [6, 6.07) is 4.55. The highest BCUT2D eigenvalue weighted by Crippen LogP contribution is 2.23. The molecule has 1 aromatic carbocycles. The first-order chi connectivity index (χ1) is 13.3. The summed E-state index contributed by atoms with van der Waals surface area (Å²) in [5.41, 5.74) is 0.817. The normalized spacial score (nSPS) is 17.3. The van der Waals surface area contributed by atoms with Gasteiger partial charge < -0.3 is 15.5 Å². The maximum atomic E-state index is 12.7. The Bertz CT molecular complexity index is 1010. The Balaban J connectivity index is 1.78. The van der Waals surface area contributed by atoms with Gasteiger partial charge in [-0.3, -0.25) is 9.59 Å². The lowest BCUT2D eigenvalue weighted by Crippen LogP contribution is -2.40. The number of hydrogen-bond acceptors (Lipinski definition) is 5. The van der Waals surface area contributed by atoms with Crippen molar-refractivity contribution in [1.29, 1.82) is 0 Å². The summed E-state index contributed by atoms with van der Waals surface area (Å²) in [5, 5.41) is 5.59. The highest BCUT2D eigenvalue weighted by Gasteiger charge is 2.30. The van der Waals surface area contributed by atoms with Crippen molar-refractivity contribution in [3.05, 3.63) is 52.7 Å². The van der Waals surface area contributed by atoms with Crippen molar-refractivity contribution >= 4 is 45.0 Å². The first-order valence-corrected chi connectivity index (χ1v) is 10.7. The second-order valence-electron chi connectivity index (χ2n) is 6.22. The Morgan fingerprint density at radius 2 is 2.07 bits per heavy atom.